The van der Waals surface area contributed by atoms with Crippen LogP contribution in [0.25, 0.3) is 0 Å². The Labute approximate surface area is 168 Å². The highest BCUT2D eigenvalue weighted by Gasteiger charge is 2.09. The molecule has 0 amide bonds. The standard InChI is InChI=1S/C17H13BrCl2N4S/c1-11-22-23-17(25-10-12-2-5-14(18)6-3-12)24(11)21-9-13-4-7-15(19)16(20)8-13/h2-9H,10H2,1H3/b21-9+. The van der Waals surface area contributed by atoms with E-state index in [0.717, 1.165) is 26.8 Å². The van der Waals surface area contributed by atoms with Crippen LogP contribution in [0.5, 0.6) is 0 Å². The summed E-state index contributed by atoms with van der Waals surface area (Å²) < 4.78 is 2.78. The highest BCUT2D eigenvalue weighted by atomic mass is 79.9. The zero-order chi connectivity index (χ0) is 17.8. The number of hydrogen-bond donors (Lipinski definition) is 0. The first kappa shape index (κ1) is 18.5. The molecule has 0 atom stereocenters. The Bertz CT molecular complexity index is 910. The maximum absolute atomic E-state index is 6.03. The zero-order valence-corrected chi connectivity index (χ0v) is 17.1. The first-order valence-corrected chi connectivity index (χ1v) is 9.85. The maximum atomic E-state index is 6.03. The molecule has 0 aliphatic rings. The molecule has 0 aliphatic heterocycles. The second kappa shape index (κ2) is 8.36. The number of halogens is 3. The predicted octanol–water partition coefficient (Wildman–Crippen LogP) is 5.83. The van der Waals surface area contributed by atoms with Gasteiger partial charge in [0, 0.05) is 10.2 Å². The summed E-state index contributed by atoms with van der Waals surface area (Å²) in [6.45, 7) is 1.86. The van der Waals surface area contributed by atoms with Gasteiger partial charge in [-0.05, 0) is 42.3 Å². The van der Waals surface area contributed by atoms with E-state index in [0.29, 0.717) is 10.0 Å². The van der Waals surface area contributed by atoms with Crippen LogP contribution in [-0.2, 0) is 5.75 Å². The smallest absolute Gasteiger partial charge is 0.192 e. The van der Waals surface area contributed by atoms with E-state index in [1.807, 2.05) is 25.1 Å². The molecule has 1 heterocycles. The lowest BCUT2D eigenvalue weighted by Crippen LogP contribution is -1.96. The first-order valence-electron chi connectivity index (χ1n) is 7.31. The van der Waals surface area contributed by atoms with Crippen LogP contribution < -0.4 is 0 Å². The summed E-state index contributed by atoms with van der Waals surface area (Å²) in [5.41, 5.74) is 2.06. The highest BCUT2D eigenvalue weighted by molar-refractivity contribution is 9.10. The number of aromatic nitrogens is 3. The van der Waals surface area contributed by atoms with Crippen LogP contribution in [0, 0.1) is 6.92 Å². The van der Waals surface area contributed by atoms with Crippen molar-refractivity contribution in [3.63, 3.8) is 0 Å². The lowest BCUT2D eigenvalue weighted by molar-refractivity contribution is 0.744. The number of aryl methyl sites for hydroxylation is 1. The van der Waals surface area contributed by atoms with Gasteiger partial charge in [0.1, 0.15) is 0 Å². The molecular formula is C17H13BrCl2N4S. The molecule has 0 radical (unpaired) electrons. The van der Waals surface area contributed by atoms with Gasteiger partial charge in [-0.3, -0.25) is 0 Å². The number of hydrogen-bond acceptors (Lipinski definition) is 4. The van der Waals surface area contributed by atoms with Crippen LogP contribution in [0.2, 0.25) is 10.0 Å². The minimum Gasteiger partial charge on any atom is -0.192 e. The lowest BCUT2D eigenvalue weighted by atomic mass is 10.2. The van der Waals surface area contributed by atoms with Crippen LogP contribution in [0.1, 0.15) is 17.0 Å². The van der Waals surface area contributed by atoms with E-state index in [4.69, 9.17) is 23.2 Å². The Balaban J connectivity index is 1.75. The summed E-state index contributed by atoms with van der Waals surface area (Å²) in [6, 6.07) is 13.6. The fourth-order valence-electron chi connectivity index (χ4n) is 2.01. The zero-order valence-electron chi connectivity index (χ0n) is 13.2. The molecular weight excluding hydrogens is 443 g/mol. The van der Waals surface area contributed by atoms with E-state index in [9.17, 15) is 0 Å². The molecule has 25 heavy (non-hydrogen) atoms. The first-order chi connectivity index (χ1) is 12.0. The molecule has 0 unspecified atom stereocenters. The van der Waals surface area contributed by atoms with Gasteiger partial charge in [0.15, 0.2) is 5.82 Å². The van der Waals surface area contributed by atoms with Crippen molar-refractivity contribution in [2.24, 2.45) is 5.10 Å². The van der Waals surface area contributed by atoms with Crippen molar-refractivity contribution in [2.45, 2.75) is 17.8 Å². The summed E-state index contributed by atoms with van der Waals surface area (Å²) >= 11 is 17.0. The van der Waals surface area contributed by atoms with Gasteiger partial charge in [-0.1, -0.05) is 69.1 Å². The number of thioether (sulfide) groups is 1. The van der Waals surface area contributed by atoms with E-state index in [1.54, 1.807) is 34.8 Å². The van der Waals surface area contributed by atoms with Gasteiger partial charge in [-0.2, -0.15) is 9.78 Å². The summed E-state index contributed by atoms with van der Waals surface area (Å²) in [5, 5.41) is 14.5. The van der Waals surface area contributed by atoms with Crippen LogP contribution in [-0.4, -0.2) is 21.1 Å². The van der Waals surface area contributed by atoms with Crippen molar-refractivity contribution in [2.75, 3.05) is 0 Å². The highest BCUT2D eigenvalue weighted by Crippen LogP contribution is 2.24. The molecule has 8 heteroatoms. The molecule has 0 saturated heterocycles. The van der Waals surface area contributed by atoms with Crippen LogP contribution >= 0.6 is 50.9 Å². The van der Waals surface area contributed by atoms with Gasteiger partial charge < -0.3 is 0 Å². The second-order valence-electron chi connectivity index (χ2n) is 5.17. The number of benzene rings is 2. The Kier molecular flexibility index (Phi) is 6.17. The summed E-state index contributed by atoms with van der Waals surface area (Å²) in [7, 11) is 0. The van der Waals surface area contributed by atoms with Crippen molar-refractivity contribution in [1.29, 1.82) is 0 Å². The van der Waals surface area contributed by atoms with E-state index >= 15 is 0 Å². The molecule has 128 valence electrons. The molecule has 1 aromatic heterocycles. The Morgan fingerprint density at radius 1 is 1.12 bits per heavy atom. The average Bonchev–Trinajstić information content (AvgIpc) is 2.95. The fraction of sp³-hybridized carbons (Fsp3) is 0.118. The van der Waals surface area contributed by atoms with Crippen LogP contribution in [0.15, 0.2) is 57.2 Å². The predicted molar refractivity (Wildman–Crippen MR) is 108 cm³/mol. The molecule has 3 rings (SSSR count). The van der Waals surface area contributed by atoms with Crippen molar-refractivity contribution in [3.8, 4) is 0 Å². The summed E-state index contributed by atoms with van der Waals surface area (Å²) in [5.74, 6) is 1.50. The van der Waals surface area contributed by atoms with Crippen molar-refractivity contribution in [1.82, 2.24) is 14.9 Å². The van der Waals surface area contributed by atoms with Gasteiger partial charge in [-0.15, -0.1) is 10.2 Å². The van der Waals surface area contributed by atoms with Crippen molar-refractivity contribution >= 4 is 57.1 Å². The third kappa shape index (κ3) is 4.85. The molecule has 4 nitrogen and oxygen atoms in total. The largest absolute Gasteiger partial charge is 0.212 e. The van der Waals surface area contributed by atoms with Gasteiger partial charge in [0.05, 0.1) is 16.3 Å². The van der Waals surface area contributed by atoms with Crippen LogP contribution in [0.3, 0.4) is 0 Å². The molecule has 0 saturated carbocycles. The Morgan fingerprint density at radius 2 is 1.88 bits per heavy atom. The topological polar surface area (TPSA) is 43.1 Å². The average molecular weight is 456 g/mol. The minimum absolute atomic E-state index is 0.496. The molecule has 0 aliphatic carbocycles. The minimum atomic E-state index is 0.496. The molecule has 3 aromatic rings. The third-order valence-electron chi connectivity index (χ3n) is 3.32. The van der Waals surface area contributed by atoms with E-state index in [2.05, 4.69) is 43.4 Å². The molecule has 0 spiro atoms. The maximum Gasteiger partial charge on any atom is 0.212 e. The van der Waals surface area contributed by atoms with Crippen molar-refractivity contribution in [3.05, 3.63) is 73.9 Å². The lowest BCUT2D eigenvalue weighted by Gasteiger charge is -2.03. The fourth-order valence-corrected chi connectivity index (χ4v) is 3.47. The van der Waals surface area contributed by atoms with Gasteiger partial charge in [0.2, 0.25) is 5.16 Å². The molecule has 2 aromatic carbocycles. The Hall–Kier alpha value is -1.34. The second-order valence-corrected chi connectivity index (χ2v) is 7.85. The molecule has 0 fully saturated rings. The van der Waals surface area contributed by atoms with Gasteiger partial charge in [0.25, 0.3) is 0 Å². The van der Waals surface area contributed by atoms with E-state index in [-0.39, 0.29) is 0 Å². The SMILES string of the molecule is Cc1nnc(SCc2ccc(Br)cc2)n1/N=C/c1ccc(Cl)c(Cl)c1. The molecule has 0 N–H and O–H groups in total. The van der Waals surface area contributed by atoms with Gasteiger partial charge in [-0.25, -0.2) is 0 Å². The van der Waals surface area contributed by atoms with Crippen molar-refractivity contribution < 1.29 is 0 Å². The number of nitrogens with zero attached hydrogens (tertiary/aromatic N) is 4. The summed E-state index contributed by atoms with van der Waals surface area (Å²) in [6.07, 6.45) is 1.71. The third-order valence-corrected chi connectivity index (χ3v) is 5.57. The monoisotopic (exact) mass is 454 g/mol. The van der Waals surface area contributed by atoms with E-state index in [1.165, 1.54) is 5.56 Å². The quantitative estimate of drug-likeness (QED) is 0.359. The Morgan fingerprint density at radius 3 is 2.60 bits per heavy atom. The normalized spacial score (nSPS) is 11.4. The molecule has 0 bridgehead atoms. The van der Waals surface area contributed by atoms with E-state index < -0.39 is 0 Å². The van der Waals surface area contributed by atoms with Gasteiger partial charge >= 0.3 is 0 Å². The van der Waals surface area contributed by atoms with Crippen LogP contribution in [0.4, 0.5) is 0 Å². The number of rotatable bonds is 5. The summed E-state index contributed by atoms with van der Waals surface area (Å²) in [4.78, 5) is 0.